The summed E-state index contributed by atoms with van der Waals surface area (Å²) < 4.78 is 28.2. The zero-order valence-electron chi connectivity index (χ0n) is 32.9. The van der Waals surface area contributed by atoms with Crippen LogP contribution in [0.4, 0.5) is 0 Å². The van der Waals surface area contributed by atoms with E-state index in [0.29, 0.717) is 34.9 Å². The zero-order chi connectivity index (χ0) is 37.4. The van der Waals surface area contributed by atoms with E-state index in [9.17, 15) is 18.3 Å². The second-order valence-corrected chi connectivity index (χ2v) is 21.0. The van der Waals surface area contributed by atoms with Crippen molar-refractivity contribution in [2.45, 2.75) is 109 Å². The summed E-state index contributed by atoms with van der Waals surface area (Å²) in [5.41, 5.74) is 4.98. The quantitative estimate of drug-likeness (QED) is 0.282. The van der Waals surface area contributed by atoms with Crippen LogP contribution in [0.3, 0.4) is 0 Å². The van der Waals surface area contributed by atoms with Crippen molar-refractivity contribution < 1.29 is 18.3 Å². The highest BCUT2D eigenvalue weighted by molar-refractivity contribution is 7.89. The summed E-state index contributed by atoms with van der Waals surface area (Å²) in [5, 5.41) is 13.7. The van der Waals surface area contributed by atoms with E-state index in [1.165, 1.54) is 68.9 Å². The van der Waals surface area contributed by atoms with Gasteiger partial charge < -0.3 is 10.4 Å². The number of sulfonamides is 1. The molecule has 5 aliphatic carbocycles. The van der Waals surface area contributed by atoms with Crippen molar-refractivity contribution in [1.29, 1.82) is 0 Å². The number of hydrogen-bond donors (Lipinski definition) is 2. The Morgan fingerprint density at radius 1 is 0.811 bits per heavy atom. The van der Waals surface area contributed by atoms with Gasteiger partial charge in [0, 0.05) is 44.8 Å². The normalized spacial score (nSPS) is 37.2. The first-order valence-electron chi connectivity index (χ1n) is 20.8. The van der Waals surface area contributed by atoms with Gasteiger partial charge in [-0.2, -0.15) is 4.31 Å². The molecule has 2 aromatic rings. The molecule has 1 heterocycles. The summed E-state index contributed by atoms with van der Waals surface area (Å²) >= 11 is 0. The highest BCUT2D eigenvalue weighted by atomic mass is 32.2. The third kappa shape index (κ3) is 6.17. The van der Waals surface area contributed by atoms with E-state index in [4.69, 9.17) is 0 Å². The summed E-state index contributed by atoms with van der Waals surface area (Å²) in [7, 11) is -3.44. The molecule has 5 fully saturated rings. The Bertz CT molecular complexity index is 1830. The molecule has 0 aromatic heterocycles. The number of aryl methyl sites for hydroxylation is 1. The third-order valence-corrected chi connectivity index (χ3v) is 18.3. The minimum Gasteiger partial charge on any atom is -0.478 e. The summed E-state index contributed by atoms with van der Waals surface area (Å²) in [6, 6.07) is 14.8. The molecule has 0 bridgehead atoms. The van der Waals surface area contributed by atoms with Crippen molar-refractivity contribution in [3.05, 3.63) is 71.3 Å². The van der Waals surface area contributed by atoms with Crippen LogP contribution in [0.1, 0.15) is 113 Å². The Kier molecular flexibility index (Phi) is 9.60. The minimum atomic E-state index is -3.44. The second kappa shape index (κ2) is 13.6. The summed E-state index contributed by atoms with van der Waals surface area (Å²) in [6.45, 7) is 16.9. The molecule has 53 heavy (non-hydrogen) atoms. The Balaban J connectivity index is 0.912. The van der Waals surface area contributed by atoms with Gasteiger partial charge in [0.05, 0.1) is 10.5 Å². The van der Waals surface area contributed by atoms with Gasteiger partial charge in [-0.25, -0.2) is 13.2 Å². The highest BCUT2D eigenvalue weighted by Crippen LogP contribution is 2.72. The Morgan fingerprint density at radius 2 is 1.53 bits per heavy atom. The number of rotatable bonds is 8. The Morgan fingerprint density at radius 3 is 2.23 bits per heavy atom. The van der Waals surface area contributed by atoms with Crippen molar-refractivity contribution in [3.63, 3.8) is 0 Å². The second-order valence-electron chi connectivity index (χ2n) is 19.1. The average molecular weight is 742 g/mol. The lowest BCUT2D eigenvalue weighted by molar-refractivity contribution is -0.172. The predicted molar refractivity (Wildman–Crippen MR) is 212 cm³/mol. The van der Waals surface area contributed by atoms with Gasteiger partial charge in [-0.15, -0.1) is 0 Å². The maximum Gasteiger partial charge on any atom is 0.335 e. The molecule has 2 aromatic carbocycles. The third-order valence-electron chi connectivity index (χ3n) is 16.4. The topological polar surface area (TPSA) is 90.0 Å². The number of nitrogens with zero attached hydrogens (tertiary/aromatic N) is 2. The van der Waals surface area contributed by atoms with Crippen LogP contribution in [0, 0.1) is 52.8 Å². The largest absolute Gasteiger partial charge is 0.478 e. The predicted octanol–water partition coefficient (Wildman–Crippen LogP) is 8.50. The fourth-order valence-corrected chi connectivity index (χ4v) is 15.4. The highest BCUT2D eigenvalue weighted by Gasteiger charge is 2.65. The lowest BCUT2D eigenvalue weighted by Crippen LogP contribution is -2.64. The fraction of sp³-hybridized carbons (Fsp3) is 0.667. The molecule has 1 saturated heterocycles. The molecule has 0 radical (unpaired) electrons. The summed E-state index contributed by atoms with van der Waals surface area (Å²) in [4.78, 5) is 14.4. The lowest BCUT2D eigenvalue weighted by atomic mass is 9.37. The molecular formula is C45H63N3O4S. The number of hydrogen-bond acceptors (Lipinski definition) is 5. The van der Waals surface area contributed by atoms with E-state index in [1.54, 1.807) is 28.6 Å². The maximum atomic E-state index is 13.3. The Hall–Kier alpha value is -2.52. The molecule has 4 saturated carbocycles. The van der Waals surface area contributed by atoms with Gasteiger partial charge in [0.15, 0.2) is 0 Å². The molecule has 1 aliphatic heterocycles. The number of fused-ring (bicyclic) bond motifs is 7. The van der Waals surface area contributed by atoms with Crippen LogP contribution in [-0.2, 0) is 10.0 Å². The van der Waals surface area contributed by atoms with E-state index in [2.05, 4.69) is 44.0 Å². The van der Waals surface area contributed by atoms with E-state index < -0.39 is 16.0 Å². The number of aromatic carboxylic acids is 1. The Labute approximate surface area is 319 Å². The number of benzene rings is 2. The molecule has 4 unspecified atom stereocenters. The number of carbonyl (C=O) groups is 1. The van der Waals surface area contributed by atoms with Gasteiger partial charge in [0.2, 0.25) is 10.0 Å². The molecule has 2 N–H and O–H groups in total. The van der Waals surface area contributed by atoms with Crippen LogP contribution < -0.4 is 5.32 Å². The van der Waals surface area contributed by atoms with Gasteiger partial charge in [-0.3, -0.25) is 4.90 Å². The molecule has 8 heteroatoms. The number of carboxylic acids is 1. The van der Waals surface area contributed by atoms with Gasteiger partial charge >= 0.3 is 5.97 Å². The SMILES string of the molecule is Cc1ccc(S(=O)(=O)N2CCN(CCN[C@]34CCCC3[C@H]3CCC5[C@@](C)(CCC6C(C)(C)C(c7ccc(C(=O)O)cc7)=CC[C@@]65C)C3CC4)CC2)cc1. The van der Waals surface area contributed by atoms with Gasteiger partial charge in [0.1, 0.15) is 0 Å². The van der Waals surface area contributed by atoms with Gasteiger partial charge in [0.25, 0.3) is 0 Å². The molecule has 0 spiro atoms. The van der Waals surface area contributed by atoms with E-state index in [0.717, 1.165) is 61.8 Å². The number of carboxylic acid groups (broad SMARTS) is 1. The van der Waals surface area contributed by atoms with E-state index >= 15 is 0 Å². The smallest absolute Gasteiger partial charge is 0.335 e. The number of nitrogens with one attached hydrogen (secondary N) is 1. The van der Waals surface area contributed by atoms with Crippen LogP contribution >= 0.6 is 0 Å². The van der Waals surface area contributed by atoms with E-state index in [1.807, 2.05) is 31.2 Å². The molecular weight excluding hydrogens is 679 g/mol. The molecule has 288 valence electrons. The molecule has 7 nitrogen and oxygen atoms in total. The van der Waals surface area contributed by atoms with Crippen LogP contribution in [-0.4, -0.2) is 73.5 Å². The molecule has 8 rings (SSSR count). The summed E-state index contributed by atoms with van der Waals surface area (Å²) in [5.74, 6) is 2.87. The monoisotopic (exact) mass is 741 g/mol. The molecule has 6 aliphatic rings. The first-order valence-corrected chi connectivity index (χ1v) is 22.2. The fourth-order valence-electron chi connectivity index (χ4n) is 13.9. The summed E-state index contributed by atoms with van der Waals surface area (Å²) in [6.07, 6.45) is 15.6. The zero-order valence-corrected chi connectivity index (χ0v) is 33.7. The van der Waals surface area contributed by atoms with Crippen molar-refractivity contribution >= 4 is 21.6 Å². The van der Waals surface area contributed by atoms with Crippen LogP contribution in [0.25, 0.3) is 5.57 Å². The van der Waals surface area contributed by atoms with Crippen molar-refractivity contribution in [3.8, 4) is 0 Å². The number of allylic oxidation sites excluding steroid dienone is 2. The lowest BCUT2D eigenvalue weighted by Gasteiger charge is -2.68. The average Bonchev–Trinajstić information content (AvgIpc) is 3.56. The van der Waals surface area contributed by atoms with Crippen molar-refractivity contribution in [2.75, 3.05) is 39.3 Å². The van der Waals surface area contributed by atoms with Crippen LogP contribution in [0.15, 0.2) is 59.5 Å². The van der Waals surface area contributed by atoms with Crippen molar-refractivity contribution in [2.24, 2.45) is 45.8 Å². The number of piperazine rings is 1. The first kappa shape index (κ1) is 37.4. The minimum absolute atomic E-state index is 0.0367. The molecule has 0 amide bonds. The first-order chi connectivity index (χ1) is 25.2. The van der Waals surface area contributed by atoms with Crippen molar-refractivity contribution in [1.82, 2.24) is 14.5 Å². The molecule has 8 atom stereocenters. The van der Waals surface area contributed by atoms with Crippen LogP contribution in [0.2, 0.25) is 0 Å². The van der Waals surface area contributed by atoms with E-state index in [-0.39, 0.29) is 16.4 Å². The maximum absolute atomic E-state index is 13.3. The standard InChI is InChI=1S/C45H63N3O4S/c1-31-8-14-34(15-9-31)53(51,52)48-29-27-47(28-30-48)26-25-46-45-21-6-7-38(45)35-16-17-40-43(4,37(35)19-24-45)23-20-39-42(2,3)36(18-22-44(39,40)5)32-10-12-33(13-11-32)41(49)50/h8-15,18,35,37-40,46H,6-7,16-17,19-30H2,1-5H3,(H,49,50)/t35-,37?,38?,39?,40?,43-,44-,45-/m0/s1. The van der Waals surface area contributed by atoms with Gasteiger partial charge in [-0.05, 0) is 146 Å². The van der Waals surface area contributed by atoms with Crippen LogP contribution in [0.5, 0.6) is 0 Å². The van der Waals surface area contributed by atoms with Gasteiger partial charge in [-0.1, -0.05) is 70.0 Å².